The number of benzene rings is 1. The Labute approximate surface area is 177 Å². The zero-order valence-corrected chi connectivity index (χ0v) is 17.3. The molecule has 0 radical (unpaired) electrons. The quantitative estimate of drug-likeness (QED) is 0.587. The van der Waals surface area contributed by atoms with Crippen molar-refractivity contribution in [3.8, 4) is 0 Å². The van der Waals surface area contributed by atoms with E-state index < -0.39 is 11.4 Å². The summed E-state index contributed by atoms with van der Waals surface area (Å²) >= 11 is 5.80. The van der Waals surface area contributed by atoms with Crippen molar-refractivity contribution >= 4 is 29.0 Å². The van der Waals surface area contributed by atoms with Gasteiger partial charge in [0.1, 0.15) is 22.9 Å². The summed E-state index contributed by atoms with van der Waals surface area (Å²) in [5.41, 5.74) is 6.68. The molecule has 0 bridgehead atoms. The normalized spacial score (nSPS) is 21.2. The van der Waals surface area contributed by atoms with Gasteiger partial charge >= 0.3 is 0 Å². The van der Waals surface area contributed by atoms with Crippen LogP contribution in [0.3, 0.4) is 0 Å². The fraction of sp³-hybridized carbons (Fsp3) is 0.350. The van der Waals surface area contributed by atoms with E-state index in [1.165, 1.54) is 18.2 Å². The van der Waals surface area contributed by atoms with Gasteiger partial charge in [-0.25, -0.2) is 9.37 Å². The van der Waals surface area contributed by atoms with Crippen molar-refractivity contribution in [1.82, 2.24) is 19.3 Å². The van der Waals surface area contributed by atoms with Gasteiger partial charge in [0.05, 0.1) is 22.7 Å². The highest BCUT2D eigenvalue weighted by atomic mass is 35.5. The molecular formula is C20H22ClFN6O2. The van der Waals surface area contributed by atoms with Gasteiger partial charge < -0.3 is 20.7 Å². The third-order valence-corrected chi connectivity index (χ3v) is 5.90. The van der Waals surface area contributed by atoms with Crippen molar-refractivity contribution in [2.24, 2.45) is 14.1 Å². The SMILES string of the molecule is Cn1cnc(C2CCC(O)(c3cc(N)nn3C)C2)c1C(=O)Nc1ccc(F)c(Cl)c1. The highest BCUT2D eigenvalue weighted by Gasteiger charge is 2.43. The van der Waals surface area contributed by atoms with Crippen LogP contribution in [0, 0.1) is 5.82 Å². The first-order valence-corrected chi connectivity index (χ1v) is 9.86. The first-order chi connectivity index (χ1) is 14.2. The molecule has 158 valence electrons. The maximum Gasteiger partial charge on any atom is 0.274 e. The molecule has 10 heteroatoms. The minimum atomic E-state index is -1.10. The topological polar surface area (TPSA) is 111 Å². The number of hydrogen-bond donors (Lipinski definition) is 3. The second-order valence-electron chi connectivity index (χ2n) is 7.72. The number of nitrogen functional groups attached to an aromatic ring is 1. The number of nitrogens with zero attached hydrogens (tertiary/aromatic N) is 4. The number of rotatable bonds is 4. The van der Waals surface area contributed by atoms with E-state index in [4.69, 9.17) is 17.3 Å². The number of hydrogen-bond acceptors (Lipinski definition) is 5. The van der Waals surface area contributed by atoms with Gasteiger partial charge in [-0.05, 0) is 37.5 Å². The smallest absolute Gasteiger partial charge is 0.274 e. The Bertz CT molecular complexity index is 1130. The average molecular weight is 433 g/mol. The zero-order valence-electron chi connectivity index (χ0n) is 16.6. The van der Waals surface area contributed by atoms with Crippen LogP contribution in [0.2, 0.25) is 5.02 Å². The lowest BCUT2D eigenvalue weighted by atomic mass is 9.94. The Balaban J connectivity index is 1.59. The molecular weight excluding hydrogens is 411 g/mol. The van der Waals surface area contributed by atoms with Gasteiger partial charge in [0.25, 0.3) is 5.91 Å². The molecule has 1 aliphatic carbocycles. The van der Waals surface area contributed by atoms with E-state index in [0.29, 0.717) is 47.8 Å². The van der Waals surface area contributed by atoms with Gasteiger partial charge in [-0.1, -0.05) is 11.6 Å². The van der Waals surface area contributed by atoms with Crippen molar-refractivity contribution in [1.29, 1.82) is 0 Å². The van der Waals surface area contributed by atoms with E-state index in [-0.39, 0.29) is 16.8 Å². The van der Waals surface area contributed by atoms with Crippen LogP contribution >= 0.6 is 11.6 Å². The largest absolute Gasteiger partial charge is 0.384 e. The first kappa shape index (κ1) is 20.4. The van der Waals surface area contributed by atoms with Crippen LogP contribution in [0.1, 0.15) is 47.1 Å². The summed E-state index contributed by atoms with van der Waals surface area (Å²) in [5.74, 6) is -0.713. The molecule has 1 aromatic carbocycles. The molecule has 0 saturated heterocycles. The average Bonchev–Trinajstić information content (AvgIpc) is 3.35. The lowest BCUT2D eigenvalue weighted by Gasteiger charge is -2.23. The summed E-state index contributed by atoms with van der Waals surface area (Å²) < 4.78 is 16.6. The van der Waals surface area contributed by atoms with Crippen LogP contribution in [0.25, 0.3) is 0 Å². The molecule has 30 heavy (non-hydrogen) atoms. The number of anilines is 2. The van der Waals surface area contributed by atoms with Crippen molar-refractivity contribution in [2.75, 3.05) is 11.1 Å². The Morgan fingerprint density at radius 2 is 2.17 bits per heavy atom. The lowest BCUT2D eigenvalue weighted by Crippen LogP contribution is -2.25. The van der Waals surface area contributed by atoms with Gasteiger partial charge in [0, 0.05) is 31.8 Å². The standard InChI is InChI=1S/C20H22ClFN6O2/c1-27-10-24-17(18(27)19(29)25-12-3-4-14(22)13(21)7-12)11-5-6-20(30,9-11)15-8-16(23)26-28(15)2/h3-4,7-8,10-11,30H,5-6,9H2,1-2H3,(H2,23,26)(H,25,29). The van der Waals surface area contributed by atoms with Gasteiger partial charge in [-0.3, -0.25) is 9.48 Å². The number of imidazole rings is 1. The van der Waals surface area contributed by atoms with Crippen LogP contribution < -0.4 is 11.1 Å². The van der Waals surface area contributed by atoms with Crippen molar-refractivity contribution < 1.29 is 14.3 Å². The van der Waals surface area contributed by atoms with Gasteiger partial charge in [0.15, 0.2) is 0 Å². The summed E-state index contributed by atoms with van der Waals surface area (Å²) in [6.45, 7) is 0. The minimum Gasteiger partial charge on any atom is -0.384 e. The molecule has 1 saturated carbocycles. The summed E-state index contributed by atoms with van der Waals surface area (Å²) in [6.07, 6.45) is 3.12. The van der Waals surface area contributed by atoms with Crippen molar-refractivity contribution in [2.45, 2.75) is 30.8 Å². The fourth-order valence-electron chi connectivity index (χ4n) is 4.20. The second-order valence-corrected chi connectivity index (χ2v) is 8.13. The van der Waals surface area contributed by atoms with Crippen LogP contribution in [0.4, 0.5) is 15.9 Å². The number of carbonyl (C=O) groups excluding carboxylic acids is 1. The highest BCUT2D eigenvalue weighted by molar-refractivity contribution is 6.31. The summed E-state index contributed by atoms with van der Waals surface area (Å²) in [7, 11) is 3.47. The number of amides is 1. The minimum absolute atomic E-state index is 0.0747. The van der Waals surface area contributed by atoms with E-state index in [2.05, 4.69) is 15.4 Å². The van der Waals surface area contributed by atoms with E-state index in [9.17, 15) is 14.3 Å². The van der Waals surface area contributed by atoms with Gasteiger partial charge in [-0.2, -0.15) is 5.10 Å². The van der Waals surface area contributed by atoms with Crippen molar-refractivity contribution in [3.63, 3.8) is 0 Å². The monoisotopic (exact) mass is 432 g/mol. The molecule has 0 spiro atoms. The van der Waals surface area contributed by atoms with Crippen LogP contribution in [-0.4, -0.2) is 30.3 Å². The van der Waals surface area contributed by atoms with E-state index in [1.807, 2.05) is 0 Å². The number of aliphatic hydroxyl groups is 1. The first-order valence-electron chi connectivity index (χ1n) is 9.48. The Morgan fingerprint density at radius 3 is 2.83 bits per heavy atom. The molecule has 3 aromatic rings. The fourth-order valence-corrected chi connectivity index (χ4v) is 4.38. The van der Waals surface area contributed by atoms with Crippen LogP contribution in [0.15, 0.2) is 30.6 Å². The lowest BCUT2D eigenvalue weighted by molar-refractivity contribution is 0.0343. The Kier molecular flexibility index (Phi) is 5.03. The predicted molar refractivity (Wildman–Crippen MR) is 111 cm³/mol. The van der Waals surface area contributed by atoms with Gasteiger partial charge in [0.2, 0.25) is 0 Å². The molecule has 1 aliphatic rings. The molecule has 4 N–H and O–H groups in total. The van der Waals surface area contributed by atoms with Gasteiger partial charge in [-0.15, -0.1) is 0 Å². The maximum absolute atomic E-state index is 13.4. The third-order valence-electron chi connectivity index (χ3n) is 5.61. The number of aryl methyl sites for hydroxylation is 2. The Morgan fingerprint density at radius 1 is 1.40 bits per heavy atom. The predicted octanol–water partition coefficient (Wildman–Crippen LogP) is 2.94. The molecule has 2 unspecified atom stereocenters. The molecule has 1 fully saturated rings. The van der Waals surface area contributed by atoms with E-state index in [1.54, 1.807) is 35.7 Å². The number of halogens is 2. The van der Waals surface area contributed by atoms with E-state index >= 15 is 0 Å². The van der Waals surface area contributed by atoms with Crippen LogP contribution in [-0.2, 0) is 19.7 Å². The number of nitrogens with two attached hydrogens (primary N) is 1. The number of nitrogens with one attached hydrogen (secondary N) is 1. The molecule has 8 nitrogen and oxygen atoms in total. The summed E-state index contributed by atoms with van der Waals surface area (Å²) in [4.78, 5) is 17.4. The molecule has 4 rings (SSSR count). The van der Waals surface area contributed by atoms with E-state index in [0.717, 1.165) is 0 Å². The third kappa shape index (κ3) is 3.54. The second kappa shape index (κ2) is 7.41. The highest BCUT2D eigenvalue weighted by Crippen LogP contribution is 2.47. The van der Waals surface area contributed by atoms with Crippen LogP contribution in [0.5, 0.6) is 0 Å². The molecule has 2 aromatic heterocycles. The molecule has 2 atom stereocenters. The number of aromatic nitrogens is 4. The summed E-state index contributed by atoms with van der Waals surface area (Å²) in [6, 6.07) is 5.66. The molecule has 0 aliphatic heterocycles. The number of carbonyl (C=O) groups is 1. The molecule has 1 amide bonds. The zero-order chi connectivity index (χ0) is 21.6. The van der Waals surface area contributed by atoms with Crippen molar-refractivity contribution in [3.05, 3.63) is 58.5 Å². The summed E-state index contributed by atoms with van der Waals surface area (Å²) in [5, 5.41) is 18.0. The molecule has 2 heterocycles. The maximum atomic E-state index is 13.4. The Hall–Kier alpha value is -2.91.